The lowest BCUT2D eigenvalue weighted by atomic mass is 9.82. The summed E-state index contributed by atoms with van der Waals surface area (Å²) in [6, 6.07) is 0.497. The maximum absolute atomic E-state index is 12.9. The van der Waals surface area contributed by atoms with Gasteiger partial charge >= 0.3 is 0 Å². The van der Waals surface area contributed by atoms with Gasteiger partial charge in [0.2, 0.25) is 5.91 Å². The van der Waals surface area contributed by atoms with Crippen LogP contribution in [-0.4, -0.2) is 53.6 Å². The first-order valence-electron chi connectivity index (χ1n) is 8.46. The first-order chi connectivity index (χ1) is 9.65. The van der Waals surface area contributed by atoms with Crippen LogP contribution in [0.3, 0.4) is 0 Å². The molecule has 0 aromatic rings. The molecule has 1 amide bonds. The van der Waals surface area contributed by atoms with E-state index in [0.717, 1.165) is 25.3 Å². The third-order valence-electron chi connectivity index (χ3n) is 5.81. The van der Waals surface area contributed by atoms with Crippen LogP contribution >= 0.6 is 0 Å². The molecule has 0 aliphatic carbocycles. The number of piperidine rings is 3. The maximum atomic E-state index is 12.9. The minimum atomic E-state index is 0.0420. The Morgan fingerprint density at radius 3 is 2.50 bits per heavy atom. The largest absolute Gasteiger partial charge is 0.321 e. The summed E-state index contributed by atoms with van der Waals surface area (Å²) in [5.41, 5.74) is 0. The Morgan fingerprint density at radius 1 is 1.30 bits per heavy atom. The topological polar surface area (TPSA) is 35.6 Å². The highest BCUT2D eigenvalue weighted by Gasteiger charge is 2.48. The summed E-state index contributed by atoms with van der Waals surface area (Å²) in [5, 5.41) is 3.61. The summed E-state index contributed by atoms with van der Waals surface area (Å²) in [6.07, 6.45) is 4.89. The monoisotopic (exact) mass is 279 g/mol. The first kappa shape index (κ1) is 14.3. The van der Waals surface area contributed by atoms with Crippen molar-refractivity contribution in [1.29, 1.82) is 0 Å². The average molecular weight is 279 g/mol. The predicted octanol–water partition coefficient (Wildman–Crippen LogP) is 1.66. The van der Waals surface area contributed by atoms with E-state index in [-0.39, 0.29) is 12.2 Å². The molecule has 4 aliphatic heterocycles. The Labute approximate surface area is 122 Å². The summed E-state index contributed by atoms with van der Waals surface area (Å²) in [4.78, 5) is 17.7. The Balaban J connectivity index is 1.78. The molecule has 4 heterocycles. The quantitative estimate of drug-likeness (QED) is 0.850. The van der Waals surface area contributed by atoms with Crippen molar-refractivity contribution >= 4 is 5.91 Å². The Morgan fingerprint density at radius 2 is 2.00 bits per heavy atom. The van der Waals surface area contributed by atoms with Gasteiger partial charge in [-0.25, -0.2) is 0 Å². The Hall–Kier alpha value is -0.610. The lowest BCUT2D eigenvalue weighted by Gasteiger charge is -2.49. The normalized spacial score (nSPS) is 42.2. The summed E-state index contributed by atoms with van der Waals surface area (Å²) in [7, 11) is 0. The predicted molar refractivity (Wildman–Crippen MR) is 80.3 cm³/mol. The van der Waals surface area contributed by atoms with Gasteiger partial charge in [-0.1, -0.05) is 27.2 Å². The van der Waals surface area contributed by atoms with Crippen LogP contribution in [-0.2, 0) is 4.79 Å². The van der Waals surface area contributed by atoms with Gasteiger partial charge in [0.05, 0.1) is 12.2 Å². The first-order valence-corrected chi connectivity index (χ1v) is 8.46. The molecule has 114 valence electrons. The number of amides is 1. The molecule has 2 bridgehead atoms. The van der Waals surface area contributed by atoms with Crippen molar-refractivity contribution in [3.05, 3.63) is 0 Å². The molecule has 4 aliphatic rings. The van der Waals surface area contributed by atoms with E-state index >= 15 is 0 Å². The zero-order valence-corrected chi connectivity index (χ0v) is 13.1. The SMILES string of the molecule is CCC(C)C1NC(CC)N(C2CN3CCC2CC3)C1=O. The van der Waals surface area contributed by atoms with E-state index < -0.39 is 0 Å². The second kappa shape index (κ2) is 5.64. The van der Waals surface area contributed by atoms with Crippen LogP contribution in [0.25, 0.3) is 0 Å². The van der Waals surface area contributed by atoms with Gasteiger partial charge in [-0.05, 0) is 44.2 Å². The van der Waals surface area contributed by atoms with Crippen molar-refractivity contribution in [3.8, 4) is 0 Å². The third-order valence-corrected chi connectivity index (χ3v) is 5.81. The van der Waals surface area contributed by atoms with Gasteiger partial charge in [0.1, 0.15) is 0 Å². The zero-order valence-electron chi connectivity index (χ0n) is 13.1. The summed E-state index contributed by atoms with van der Waals surface area (Å²) >= 11 is 0. The van der Waals surface area contributed by atoms with Gasteiger partial charge < -0.3 is 9.80 Å². The van der Waals surface area contributed by atoms with E-state index in [1.54, 1.807) is 0 Å². The molecule has 0 radical (unpaired) electrons. The highest BCUT2D eigenvalue weighted by molar-refractivity contribution is 5.85. The van der Waals surface area contributed by atoms with E-state index in [0.29, 0.717) is 17.9 Å². The number of hydrogen-bond acceptors (Lipinski definition) is 3. The van der Waals surface area contributed by atoms with Crippen molar-refractivity contribution in [1.82, 2.24) is 15.1 Å². The fourth-order valence-electron chi connectivity index (χ4n) is 4.27. The molecule has 0 aromatic heterocycles. The van der Waals surface area contributed by atoms with Crippen molar-refractivity contribution in [3.63, 3.8) is 0 Å². The number of rotatable bonds is 4. The highest BCUT2D eigenvalue weighted by atomic mass is 16.2. The smallest absolute Gasteiger partial charge is 0.241 e. The number of fused-ring (bicyclic) bond motifs is 3. The van der Waals surface area contributed by atoms with Gasteiger partial charge in [-0.2, -0.15) is 0 Å². The van der Waals surface area contributed by atoms with E-state index in [4.69, 9.17) is 0 Å². The molecular weight excluding hydrogens is 250 g/mol. The maximum Gasteiger partial charge on any atom is 0.241 e. The van der Waals surface area contributed by atoms with Crippen molar-refractivity contribution in [2.24, 2.45) is 11.8 Å². The molecule has 4 unspecified atom stereocenters. The fourth-order valence-corrected chi connectivity index (χ4v) is 4.27. The van der Waals surface area contributed by atoms with Crippen LogP contribution in [0.1, 0.15) is 46.5 Å². The minimum Gasteiger partial charge on any atom is -0.321 e. The van der Waals surface area contributed by atoms with E-state index in [2.05, 4.69) is 35.9 Å². The molecule has 4 saturated heterocycles. The van der Waals surface area contributed by atoms with E-state index in [1.807, 2.05) is 0 Å². The van der Waals surface area contributed by atoms with Crippen LogP contribution < -0.4 is 5.32 Å². The van der Waals surface area contributed by atoms with Crippen molar-refractivity contribution in [2.45, 2.75) is 64.7 Å². The number of carbonyl (C=O) groups is 1. The third kappa shape index (κ3) is 2.27. The second-order valence-electron chi connectivity index (χ2n) is 6.90. The number of hydrogen-bond donors (Lipinski definition) is 1. The highest BCUT2D eigenvalue weighted by Crippen LogP contribution is 2.34. The van der Waals surface area contributed by atoms with Crippen LogP contribution in [0.4, 0.5) is 0 Å². The Bertz CT molecular complexity index is 365. The molecule has 4 atom stereocenters. The van der Waals surface area contributed by atoms with Gasteiger partial charge in [0.15, 0.2) is 0 Å². The number of nitrogens with one attached hydrogen (secondary N) is 1. The van der Waals surface area contributed by atoms with Crippen LogP contribution in [0.5, 0.6) is 0 Å². The average Bonchev–Trinajstić information content (AvgIpc) is 2.84. The van der Waals surface area contributed by atoms with Gasteiger partial charge in [-0.3, -0.25) is 10.1 Å². The van der Waals surface area contributed by atoms with Crippen LogP contribution in [0, 0.1) is 11.8 Å². The molecule has 4 nitrogen and oxygen atoms in total. The van der Waals surface area contributed by atoms with Gasteiger partial charge in [0, 0.05) is 12.6 Å². The molecule has 20 heavy (non-hydrogen) atoms. The summed E-state index contributed by atoms with van der Waals surface area (Å²) in [5.74, 6) is 1.53. The standard InChI is InChI=1S/C16H29N3O/c1-4-11(3)15-16(20)19(14(5-2)17-15)13-10-18-8-6-12(13)7-9-18/h11-15,17H,4-10H2,1-3H3. The van der Waals surface area contributed by atoms with Gasteiger partial charge in [0.25, 0.3) is 0 Å². The van der Waals surface area contributed by atoms with E-state index in [1.165, 1.54) is 25.9 Å². The molecule has 0 aromatic carbocycles. The van der Waals surface area contributed by atoms with Crippen molar-refractivity contribution in [2.75, 3.05) is 19.6 Å². The van der Waals surface area contributed by atoms with Crippen molar-refractivity contribution < 1.29 is 4.79 Å². The molecule has 1 N–H and O–H groups in total. The molecule has 0 spiro atoms. The molecule has 4 rings (SSSR count). The van der Waals surface area contributed by atoms with E-state index in [9.17, 15) is 4.79 Å². The fraction of sp³-hybridized carbons (Fsp3) is 0.938. The Kier molecular flexibility index (Phi) is 4.04. The lowest BCUT2D eigenvalue weighted by molar-refractivity contribution is -0.137. The molecular formula is C16H29N3O. The van der Waals surface area contributed by atoms with Crippen LogP contribution in [0.15, 0.2) is 0 Å². The minimum absolute atomic E-state index is 0.0420. The second-order valence-corrected chi connectivity index (χ2v) is 6.90. The van der Waals surface area contributed by atoms with Gasteiger partial charge in [-0.15, -0.1) is 0 Å². The molecule has 4 heteroatoms. The molecule has 4 fully saturated rings. The molecule has 0 saturated carbocycles. The number of carbonyl (C=O) groups excluding carboxylic acids is 1. The van der Waals surface area contributed by atoms with Crippen LogP contribution in [0.2, 0.25) is 0 Å². The lowest BCUT2D eigenvalue weighted by Crippen LogP contribution is -2.60. The summed E-state index contributed by atoms with van der Waals surface area (Å²) < 4.78 is 0. The zero-order chi connectivity index (χ0) is 14.3. The summed E-state index contributed by atoms with van der Waals surface area (Å²) in [6.45, 7) is 10.1. The number of nitrogens with zero attached hydrogens (tertiary/aromatic N) is 2.